The monoisotopic (exact) mass is 342 g/mol. The van der Waals surface area contributed by atoms with Crippen molar-refractivity contribution in [1.82, 2.24) is 4.57 Å². The molecule has 0 fully saturated rings. The molecule has 4 heteroatoms. The standard InChI is InChI=1S/C17H15BrN2O/c1-10-13(7-11(18)8-15(10)19)17(21)14-9-20(2)16-6-4-3-5-12(14)16/h3-9H,19H2,1-2H3. The molecule has 0 bridgehead atoms. The van der Waals surface area contributed by atoms with Gasteiger partial charge in [0.15, 0.2) is 5.78 Å². The summed E-state index contributed by atoms with van der Waals surface area (Å²) in [5.74, 6) is -0.00250. The highest BCUT2D eigenvalue weighted by Crippen LogP contribution is 2.28. The predicted molar refractivity (Wildman–Crippen MR) is 89.6 cm³/mol. The first kappa shape index (κ1) is 13.9. The number of para-hydroxylation sites is 1. The Morgan fingerprint density at radius 3 is 2.67 bits per heavy atom. The number of benzene rings is 2. The van der Waals surface area contributed by atoms with Crippen molar-refractivity contribution >= 4 is 38.3 Å². The van der Waals surface area contributed by atoms with Gasteiger partial charge < -0.3 is 10.3 Å². The lowest BCUT2D eigenvalue weighted by molar-refractivity contribution is 0.103. The number of rotatable bonds is 2. The lowest BCUT2D eigenvalue weighted by Gasteiger charge is -2.08. The number of nitrogen functional groups attached to an aromatic ring is 1. The minimum absolute atomic E-state index is 0.00250. The molecule has 0 spiro atoms. The zero-order chi connectivity index (χ0) is 15.1. The maximum absolute atomic E-state index is 12.9. The summed E-state index contributed by atoms with van der Waals surface area (Å²) in [5, 5.41) is 0.961. The molecule has 1 heterocycles. The molecule has 106 valence electrons. The Bertz CT molecular complexity index is 865. The molecule has 0 aliphatic rings. The third-order valence-corrected chi connectivity index (χ3v) is 4.26. The molecule has 2 N–H and O–H groups in total. The SMILES string of the molecule is Cc1c(N)cc(Br)cc1C(=O)c1cn(C)c2ccccc12. The van der Waals surface area contributed by atoms with E-state index >= 15 is 0 Å². The smallest absolute Gasteiger partial charge is 0.195 e. The van der Waals surface area contributed by atoms with Crippen LogP contribution in [0.2, 0.25) is 0 Å². The number of carbonyl (C=O) groups is 1. The maximum Gasteiger partial charge on any atom is 0.195 e. The van der Waals surface area contributed by atoms with Crippen LogP contribution in [-0.2, 0) is 7.05 Å². The molecule has 3 rings (SSSR count). The second-order valence-corrected chi connectivity index (χ2v) is 6.08. The van der Waals surface area contributed by atoms with Crippen LogP contribution in [0.1, 0.15) is 21.5 Å². The largest absolute Gasteiger partial charge is 0.398 e. The fourth-order valence-corrected chi connectivity index (χ4v) is 3.08. The van der Waals surface area contributed by atoms with Gasteiger partial charge in [-0.3, -0.25) is 4.79 Å². The Kier molecular flexibility index (Phi) is 3.33. The van der Waals surface area contributed by atoms with Gasteiger partial charge in [-0.1, -0.05) is 34.1 Å². The van der Waals surface area contributed by atoms with Crippen LogP contribution in [0.15, 0.2) is 47.1 Å². The highest BCUT2D eigenvalue weighted by molar-refractivity contribution is 9.10. The van der Waals surface area contributed by atoms with E-state index < -0.39 is 0 Å². The van der Waals surface area contributed by atoms with Crippen LogP contribution < -0.4 is 5.73 Å². The highest BCUT2D eigenvalue weighted by Gasteiger charge is 2.18. The molecule has 0 atom stereocenters. The molecule has 0 radical (unpaired) electrons. The molecule has 3 nitrogen and oxygen atoms in total. The first-order valence-corrected chi connectivity index (χ1v) is 7.42. The molecule has 3 aromatic rings. The van der Waals surface area contributed by atoms with E-state index in [0.29, 0.717) is 16.8 Å². The van der Waals surface area contributed by atoms with Gasteiger partial charge in [-0.2, -0.15) is 0 Å². The van der Waals surface area contributed by atoms with Gasteiger partial charge in [0.2, 0.25) is 0 Å². The van der Waals surface area contributed by atoms with Crippen LogP contribution in [0.3, 0.4) is 0 Å². The lowest BCUT2D eigenvalue weighted by Crippen LogP contribution is -2.05. The first-order chi connectivity index (χ1) is 9.99. The summed E-state index contributed by atoms with van der Waals surface area (Å²) in [7, 11) is 1.95. The summed E-state index contributed by atoms with van der Waals surface area (Å²) in [6, 6.07) is 11.5. The highest BCUT2D eigenvalue weighted by atomic mass is 79.9. The summed E-state index contributed by atoms with van der Waals surface area (Å²) in [6.45, 7) is 1.88. The van der Waals surface area contributed by atoms with Crippen LogP contribution in [0.4, 0.5) is 5.69 Å². The fourth-order valence-electron chi connectivity index (χ4n) is 2.60. The van der Waals surface area contributed by atoms with Gasteiger partial charge in [0, 0.05) is 45.4 Å². The Morgan fingerprint density at radius 1 is 1.19 bits per heavy atom. The molecule has 0 saturated heterocycles. The summed E-state index contributed by atoms with van der Waals surface area (Å²) in [5.41, 5.74) is 9.78. The van der Waals surface area contributed by atoms with E-state index in [4.69, 9.17) is 5.73 Å². The average molecular weight is 343 g/mol. The zero-order valence-electron chi connectivity index (χ0n) is 11.9. The fraction of sp³-hybridized carbons (Fsp3) is 0.118. The number of ketones is 1. The lowest BCUT2D eigenvalue weighted by atomic mass is 9.98. The maximum atomic E-state index is 12.9. The van der Waals surface area contributed by atoms with E-state index in [9.17, 15) is 4.79 Å². The number of aromatic nitrogens is 1. The molecule has 2 aromatic carbocycles. The Balaban J connectivity index is 2.22. The minimum Gasteiger partial charge on any atom is -0.398 e. The van der Waals surface area contributed by atoms with Crippen molar-refractivity contribution in [2.75, 3.05) is 5.73 Å². The number of nitrogens with zero attached hydrogens (tertiary/aromatic N) is 1. The van der Waals surface area contributed by atoms with Crippen molar-refractivity contribution in [3.63, 3.8) is 0 Å². The number of hydrogen-bond donors (Lipinski definition) is 1. The number of anilines is 1. The third kappa shape index (κ3) is 2.25. The van der Waals surface area contributed by atoms with E-state index in [1.165, 1.54) is 0 Å². The van der Waals surface area contributed by atoms with Crippen molar-refractivity contribution < 1.29 is 4.79 Å². The molecule has 0 unspecified atom stereocenters. The van der Waals surface area contributed by atoms with Gasteiger partial charge in [-0.25, -0.2) is 0 Å². The van der Waals surface area contributed by atoms with Gasteiger partial charge in [-0.05, 0) is 30.7 Å². The quantitative estimate of drug-likeness (QED) is 0.563. The van der Waals surface area contributed by atoms with E-state index in [0.717, 1.165) is 20.9 Å². The van der Waals surface area contributed by atoms with Gasteiger partial charge in [0.05, 0.1) is 0 Å². The van der Waals surface area contributed by atoms with Crippen LogP contribution in [0.25, 0.3) is 10.9 Å². The molecule has 0 aliphatic heterocycles. The number of halogens is 1. The van der Waals surface area contributed by atoms with Gasteiger partial charge >= 0.3 is 0 Å². The molecular formula is C17H15BrN2O. The van der Waals surface area contributed by atoms with Crippen molar-refractivity contribution in [3.05, 3.63) is 63.8 Å². The van der Waals surface area contributed by atoms with Crippen LogP contribution in [0, 0.1) is 6.92 Å². The van der Waals surface area contributed by atoms with Crippen LogP contribution in [0.5, 0.6) is 0 Å². The normalized spacial score (nSPS) is 11.0. The number of hydrogen-bond acceptors (Lipinski definition) is 2. The second-order valence-electron chi connectivity index (χ2n) is 5.17. The van der Waals surface area contributed by atoms with Crippen molar-refractivity contribution in [3.8, 4) is 0 Å². The minimum atomic E-state index is -0.00250. The summed E-state index contributed by atoms with van der Waals surface area (Å²) in [6.07, 6.45) is 1.88. The Labute approximate surface area is 131 Å². The molecule has 21 heavy (non-hydrogen) atoms. The Hall–Kier alpha value is -2.07. The summed E-state index contributed by atoms with van der Waals surface area (Å²) >= 11 is 3.41. The third-order valence-electron chi connectivity index (χ3n) is 3.80. The van der Waals surface area contributed by atoms with Crippen molar-refractivity contribution in [2.24, 2.45) is 7.05 Å². The van der Waals surface area contributed by atoms with Gasteiger partial charge in [-0.15, -0.1) is 0 Å². The van der Waals surface area contributed by atoms with Crippen LogP contribution >= 0.6 is 15.9 Å². The number of nitrogens with two attached hydrogens (primary N) is 1. The molecule has 1 aromatic heterocycles. The average Bonchev–Trinajstić information content (AvgIpc) is 2.80. The van der Waals surface area contributed by atoms with E-state index in [1.54, 1.807) is 0 Å². The second kappa shape index (κ2) is 5.04. The zero-order valence-corrected chi connectivity index (χ0v) is 13.4. The first-order valence-electron chi connectivity index (χ1n) is 6.63. The van der Waals surface area contributed by atoms with E-state index in [2.05, 4.69) is 15.9 Å². The van der Waals surface area contributed by atoms with Gasteiger partial charge in [0.25, 0.3) is 0 Å². The summed E-state index contributed by atoms with van der Waals surface area (Å²) < 4.78 is 2.79. The number of carbonyl (C=O) groups excluding carboxylic acids is 1. The summed E-state index contributed by atoms with van der Waals surface area (Å²) in [4.78, 5) is 12.9. The van der Waals surface area contributed by atoms with Gasteiger partial charge in [0.1, 0.15) is 0 Å². The molecule has 0 saturated carbocycles. The number of fused-ring (bicyclic) bond motifs is 1. The number of aryl methyl sites for hydroxylation is 1. The molecule has 0 aliphatic carbocycles. The van der Waals surface area contributed by atoms with Crippen molar-refractivity contribution in [1.29, 1.82) is 0 Å². The molecular weight excluding hydrogens is 328 g/mol. The van der Waals surface area contributed by atoms with E-state index in [-0.39, 0.29) is 5.78 Å². The van der Waals surface area contributed by atoms with Crippen molar-refractivity contribution in [2.45, 2.75) is 6.92 Å². The molecule has 0 amide bonds. The van der Waals surface area contributed by atoms with Crippen LogP contribution in [-0.4, -0.2) is 10.4 Å². The predicted octanol–water partition coefficient (Wildman–Crippen LogP) is 4.06. The Morgan fingerprint density at radius 2 is 1.90 bits per heavy atom. The van der Waals surface area contributed by atoms with E-state index in [1.807, 2.05) is 61.1 Å². The topological polar surface area (TPSA) is 48.0 Å².